The molecule has 4 nitrogen and oxygen atoms in total. The van der Waals surface area contributed by atoms with Crippen molar-refractivity contribution in [3.63, 3.8) is 0 Å². The fourth-order valence-corrected chi connectivity index (χ4v) is 1.09. The minimum Gasteiger partial charge on any atom is -0.302 e. The summed E-state index contributed by atoms with van der Waals surface area (Å²) in [6.45, 7) is 3.63. The first-order valence-corrected chi connectivity index (χ1v) is 4.23. The van der Waals surface area contributed by atoms with Gasteiger partial charge in [0.15, 0.2) is 0 Å². The molecule has 0 aromatic carbocycles. The Morgan fingerprint density at radius 1 is 1.30 bits per heavy atom. The fraction of sp³-hybridized carbons (Fsp3) is 1.00. The monoisotopic (exact) mass is 218 g/mol. The Morgan fingerprint density at radius 2 is 1.60 bits per heavy atom. The summed E-state index contributed by atoms with van der Waals surface area (Å²) in [5.74, 6) is 0. The van der Waals surface area contributed by atoms with Crippen molar-refractivity contribution >= 4 is 7.82 Å². The normalized spacial score (nSPS) is 10.7. The first-order valence-electron chi connectivity index (χ1n) is 2.74. The molecule has 0 unspecified atom stereocenters. The SMILES string of the molecule is CCOP(=O)(O)OCC.[Zn]. The van der Waals surface area contributed by atoms with Crippen LogP contribution < -0.4 is 0 Å². The first kappa shape index (κ1) is 13.3. The van der Waals surface area contributed by atoms with Crippen molar-refractivity contribution in [2.75, 3.05) is 13.2 Å². The smallest absolute Gasteiger partial charge is 0.302 e. The molecule has 0 saturated heterocycles. The van der Waals surface area contributed by atoms with E-state index in [1.54, 1.807) is 13.8 Å². The van der Waals surface area contributed by atoms with Gasteiger partial charge < -0.3 is 4.89 Å². The summed E-state index contributed by atoms with van der Waals surface area (Å²) in [5, 5.41) is 0. The van der Waals surface area contributed by atoms with Crippen LogP contribution in [0.25, 0.3) is 0 Å². The van der Waals surface area contributed by atoms with Gasteiger partial charge in [-0.05, 0) is 13.8 Å². The standard InChI is InChI=1S/C4H11O4P.Zn/c1-3-7-9(5,6)8-4-2;/h3-4H2,1-2H3,(H,5,6);. The largest absolute Gasteiger partial charge is 0.472 e. The average molecular weight is 219 g/mol. The number of hydrogen-bond acceptors (Lipinski definition) is 3. The van der Waals surface area contributed by atoms with E-state index in [1.165, 1.54) is 0 Å². The molecule has 0 spiro atoms. The van der Waals surface area contributed by atoms with Gasteiger partial charge >= 0.3 is 7.82 Å². The maximum atomic E-state index is 10.5. The summed E-state index contributed by atoms with van der Waals surface area (Å²) in [6.07, 6.45) is 0. The molecule has 0 aromatic heterocycles. The number of phosphoric acid groups is 1. The van der Waals surface area contributed by atoms with Gasteiger partial charge in [0.25, 0.3) is 0 Å². The van der Waals surface area contributed by atoms with Crippen molar-refractivity contribution in [1.29, 1.82) is 0 Å². The molecule has 10 heavy (non-hydrogen) atoms. The van der Waals surface area contributed by atoms with Crippen LogP contribution in [0.2, 0.25) is 0 Å². The van der Waals surface area contributed by atoms with Gasteiger partial charge in [0, 0.05) is 19.5 Å². The molecule has 0 fully saturated rings. The van der Waals surface area contributed by atoms with Crippen LogP contribution >= 0.6 is 7.82 Å². The molecule has 0 saturated carbocycles. The van der Waals surface area contributed by atoms with Crippen LogP contribution in [-0.4, -0.2) is 18.1 Å². The molecule has 0 bridgehead atoms. The van der Waals surface area contributed by atoms with E-state index < -0.39 is 7.82 Å². The molecule has 0 rings (SSSR count). The third-order valence-corrected chi connectivity index (χ3v) is 1.75. The van der Waals surface area contributed by atoms with Crippen LogP contribution in [0, 0.1) is 0 Å². The molecule has 0 aromatic rings. The van der Waals surface area contributed by atoms with Crippen molar-refractivity contribution in [2.45, 2.75) is 13.8 Å². The van der Waals surface area contributed by atoms with Crippen LogP contribution in [-0.2, 0) is 33.1 Å². The van der Waals surface area contributed by atoms with Crippen LogP contribution in [0.3, 0.4) is 0 Å². The Labute approximate surface area is 73.3 Å². The van der Waals surface area contributed by atoms with Gasteiger partial charge in [-0.1, -0.05) is 0 Å². The molecule has 58 valence electrons. The van der Waals surface area contributed by atoms with Crippen molar-refractivity contribution in [3.8, 4) is 0 Å². The molecular formula is C4H11O4PZn. The predicted octanol–water partition coefficient (Wildman–Crippen LogP) is 1.16. The topological polar surface area (TPSA) is 55.8 Å². The minimum absolute atomic E-state index is 0. The Bertz CT molecular complexity index is 108. The predicted molar refractivity (Wildman–Crippen MR) is 33.1 cm³/mol. The summed E-state index contributed by atoms with van der Waals surface area (Å²) in [6, 6.07) is 0. The van der Waals surface area contributed by atoms with Crippen LogP contribution in [0.15, 0.2) is 0 Å². The number of hydrogen-bond donors (Lipinski definition) is 1. The van der Waals surface area contributed by atoms with E-state index in [9.17, 15) is 4.57 Å². The van der Waals surface area contributed by atoms with Crippen molar-refractivity contribution < 1.29 is 38.0 Å². The first-order chi connectivity index (χ1) is 4.12. The van der Waals surface area contributed by atoms with Crippen LogP contribution in [0.1, 0.15) is 13.8 Å². The van der Waals surface area contributed by atoms with Crippen LogP contribution in [0.4, 0.5) is 0 Å². The Balaban J connectivity index is 0. The van der Waals surface area contributed by atoms with Crippen molar-refractivity contribution in [1.82, 2.24) is 0 Å². The van der Waals surface area contributed by atoms with E-state index >= 15 is 0 Å². The second kappa shape index (κ2) is 6.44. The third-order valence-electron chi connectivity index (χ3n) is 0.584. The molecule has 0 aliphatic heterocycles. The molecule has 0 atom stereocenters. The summed E-state index contributed by atoms with van der Waals surface area (Å²) in [7, 11) is -3.69. The van der Waals surface area contributed by atoms with Gasteiger partial charge in [0.05, 0.1) is 13.2 Å². The number of rotatable bonds is 4. The summed E-state index contributed by atoms with van der Waals surface area (Å²) in [4.78, 5) is 8.63. The van der Waals surface area contributed by atoms with E-state index in [4.69, 9.17) is 4.89 Å². The molecule has 0 aliphatic carbocycles. The van der Waals surface area contributed by atoms with Gasteiger partial charge in [-0.3, -0.25) is 9.05 Å². The molecule has 0 heterocycles. The zero-order valence-corrected chi connectivity index (χ0v) is 10.1. The summed E-state index contributed by atoms with van der Waals surface area (Å²) >= 11 is 0. The Kier molecular flexibility index (Phi) is 8.59. The van der Waals surface area contributed by atoms with Crippen molar-refractivity contribution in [2.24, 2.45) is 0 Å². The van der Waals surface area contributed by atoms with E-state index in [2.05, 4.69) is 9.05 Å². The second-order valence-electron chi connectivity index (χ2n) is 1.30. The molecule has 6 heteroatoms. The van der Waals surface area contributed by atoms with E-state index in [0.29, 0.717) is 0 Å². The summed E-state index contributed by atoms with van der Waals surface area (Å²) < 4.78 is 19.2. The molecule has 0 radical (unpaired) electrons. The number of phosphoric ester groups is 1. The molecule has 0 aliphatic rings. The second-order valence-corrected chi connectivity index (χ2v) is 2.76. The van der Waals surface area contributed by atoms with Gasteiger partial charge in [-0.25, -0.2) is 4.57 Å². The van der Waals surface area contributed by atoms with E-state index in [-0.39, 0.29) is 32.7 Å². The quantitative estimate of drug-likeness (QED) is 0.569. The van der Waals surface area contributed by atoms with Gasteiger partial charge in [0.1, 0.15) is 0 Å². The van der Waals surface area contributed by atoms with E-state index in [1.807, 2.05) is 0 Å². The van der Waals surface area contributed by atoms with E-state index in [0.717, 1.165) is 0 Å². The van der Waals surface area contributed by atoms with Crippen molar-refractivity contribution in [3.05, 3.63) is 0 Å². The zero-order chi connectivity index (χ0) is 7.33. The van der Waals surface area contributed by atoms with Gasteiger partial charge in [-0.15, -0.1) is 0 Å². The third kappa shape index (κ3) is 6.85. The van der Waals surface area contributed by atoms with Crippen LogP contribution in [0.5, 0.6) is 0 Å². The fourth-order valence-electron chi connectivity index (χ4n) is 0.364. The molecule has 0 amide bonds. The molecule has 1 N–H and O–H groups in total. The Morgan fingerprint density at radius 3 is 1.80 bits per heavy atom. The van der Waals surface area contributed by atoms with Gasteiger partial charge in [0.2, 0.25) is 0 Å². The maximum absolute atomic E-state index is 10.5. The molecular weight excluding hydrogens is 208 g/mol. The van der Waals surface area contributed by atoms with Gasteiger partial charge in [-0.2, -0.15) is 0 Å². The maximum Gasteiger partial charge on any atom is 0.472 e. The Hall–Kier alpha value is 0.733. The summed E-state index contributed by atoms with van der Waals surface area (Å²) in [5.41, 5.74) is 0. The average Bonchev–Trinajstić information content (AvgIpc) is 1.64. The minimum atomic E-state index is -3.69. The zero-order valence-electron chi connectivity index (χ0n) is 6.24.